The average molecular weight is 262 g/mol. The summed E-state index contributed by atoms with van der Waals surface area (Å²) < 4.78 is 5.54. The molecular formula is C16H26N2O. The first-order chi connectivity index (χ1) is 9.24. The van der Waals surface area contributed by atoms with Crippen LogP contribution in [0, 0.1) is 5.92 Å². The molecule has 0 spiro atoms. The van der Waals surface area contributed by atoms with E-state index in [1.165, 1.54) is 32.1 Å². The van der Waals surface area contributed by atoms with Crippen LogP contribution in [-0.4, -0.2) is 12.6 Å². The van der Waals surface area contributed by atoms with Gasteiger partial charge in [-0.25, -0.2) is 0 Å². The number of ether oxygens (including phenoxy) is 1. The molecule has 106 valence electrons. The van der Waals surface area contributed by atoms with Crippen LogP contribution in [0.5, 0.6) is 5.75 Å². The molecule has 3 N–H and O–H groups in total. The van der Waals surface area contributed by atoms with Crippen LogP contribution in [0.1, 0.15) is 46.0 Å². The van der Waals surface area contributed by atoms with Gasteiger partial charge in [-0.3, -0.25) is 0 Å². The molecule has 19 heavy (non-hydrogen) atoms. The maximum absolute atomic E-state index is 6.17. The number of nitrogens with two attached hydrogens (primary N) is 1. The number of nitrogens with one attached hydrogen (secondary N) is 1. The third-order valence-electron chi connectivity index (χ3n) is 4.09. The Morgan fingerprint density at radius 3 is 2.89 bits per heavy atom. The van der Waals surface area contributed by atoms with Gasteiger partial charge in [0.1, 0.15) is 5.75 Å². The van der Waals surface area contributed by atoms with Crippen LogP contribution in [-0.2, 0) is 0 Å². The average Bonchev–Trinajstić information content (AvgIpc) is 2.44. The molecule has 2 atom stereocenters. The third kappa shape index (κ3) is 3.55. The molecular weight excluding hydrogens is 236 g/mol. The molecule has 1 aliphatic rings. The number of rotatable bonds is 5. The van der Waals surface area contributed by atoms with Crippen molar-refractivity contribution in [2.45, 2.75) is 52.0 Å². The van der Waals surface area contributed by atoms with Gasteiger partial charge >= 0.3 is 0 Å². The van der Waals surface area contributed by atoms with Crippen LogP contribution in [0.3, 0.4) is 0 Å². The third-order valence-corrected chi connectivity index (χ3v) is 4.09. The number of anilines is 2. The van der Waals surface area contributed by atoms with E-state index < -0.39 is 0 Å². The summed E-state index contributed by atoms with van der Waals surface area (Å²) >= 11 is 0. The normalized spacial score (nSPS) is 23.1. The molecule has 0 aliphatic heterocycles. The van der Waals surface area contributed by atoms with Crippen molar-refractivity contribution in [2.75, 3.05) is 17.7 Å². The Kier molecular flexibility index (Phi) is 4.94. The summed E-state index contributed by atoms with van der Waals surface area (Å²) in [5.74, 6) is 1.65. The summed E-state index contributed by atoms with van der Waals surface area (Å²) in [6, 6.07) is 6.54. The first-order valence-electron chi connectivity index (χ1n) is 7.52. The Bertz CT molecular complexity index is 406. The molecule has 1 aromatic carbocycles. The summed E-state index contributed by atoms with van der Waals surface area (Å²) in [7, 11) is 0. The lowest BCUT2D eigenvalue weighted by atomic mass is 9.84. The second-order valence-corrected chi connectivity index (χ2v) is 5.43. The zero-order valence-corrected chi connectivity index (χ0v) is 12.1. The van der Waals surface area contributed by atoms with Crippen molar-refractivity contribution < 1.29 is 4.74 Å². The second-order valence-electron chi connectivity index (χ2n) is 5.43. The number of benzene rings is 1. The first-order valence-corrected chi connectivity index (χ1v) is 7.52. The van der Waals surface area contributed by atoms with Crippen LogP contribution >= 0.6 is 0 Å². The Labute approximate surface area is 116 Å². The molecule has 0 bridgehead atoms. The van der Waals surface area contributed by atoms with Crippen LogP contribution in [0.4, 0.5) is 11.4 Å². The SMILES string of the molecule is CCOc1cccc(NC2CCCC(CC)C2)c1N. The zero-order chi connectivity index (χ0) is 13.7. The fourth-order valence-electron chi connectivity index (χ4n) is 2.96. The number of para-hydroxylation sites is 1. The van der Waals surface area contributed by atoms with Gasteiger partial charge in [0.05, 0.1) is 18.0 Å². The molecule has 2 unspecified atom stereocenters. The fourth-order valence-corrected chi connectivity index (χ4v) is 2.96. The van der Waals surface area contributed by atoms with E-state index in [2.05, 4.69) is 12.2 Å². The monoisotopic (exact) mass is 262 g/mol. The standard InChI is InChI=1S/C16H26N2O/c1-3-12-7-5-8-13(11-12)18-14-9-6-10-15(16(14)17)19-4-2/h6,9-10,12-13,18H,3-5,7-8,11,17H2,1-2H3. The predicted octanol–water partition coefficient (Wildman–Crippen LogP) is 4.05. The molecule has 0 saturated heterocycles. The molecule has 0 aromatic heterocycles. The maximum atomic E-state index is 6.17. The second kappa shape index (κ2) is 6.69. The maximum Gasteiger partial charge on any atom is 0.144 e. The Hall–Kier alpha value is -1.38. The predicted molar refractivity (Wildman–Crippen MR) is 81.7 cm³/mol. The van der Waals surface area contributed by atoms with Crippen LogP contribution < -0.4 is 15.8 Å². The van der Waals surface area contributed by atoms with E-state index >= 15 is 0 Å². The highest BCUT2D eigenvalue weighted by Gasteiger charge is 2.21. The summed E-state index contributed by atoms with van der Waals surface area (Å²) in [6.45, 7) is 4.92. The summed E-state index contributed by atoms with van der Waals surface area (Å²) in [4.78, 5) is 0. The molecule has 0 amide bonds. The molecule has 3 heteroatoms. The lowest BCUT2D eigenvalue weighted by molar-refractivity contribution is 0.327. The van der Waals surface area contributed by atoms with E-state index in [-0.39, 0.29) is 0 Å². The first kappa shape index (κ1) is 14.0. The van der Waals surface area contributed by atoms with E-state index in [1.807, 2.05) is 25.1 Å². The van der Waals surface area contributed by atoms with Gasteiger partial charge in [-0.05, 0) is 37.8 Å². The van der Waals surface area contributed by atoms with Crippen LogP contribution in [0.2, 0.25) is 0 Å². The minimum atomic E-state index is 0.554. The molecule has 1 aromatic rings. The van der Waals surface area contributed by atoms with Crippen molar-refractivity contribution >= 4 is 11.4 Å². The number of nitrogen functional groups attached to an aromatic ring is 1. The van der Waals surface area contributed by atoms with Gasteiger partial charge in [0, 0.05) is 6.04 Å². The Morgan fingerprint density at radius 1 is 1.32 bits per heavy atom. The quantitative estimate of drug-likeness (QED) is 0.787. The largest absolute Gasteiger partial charge is 0.492 e. The van der Waals surface area contributed by atoms with Crippen molar-refractivity contribution in [3.8, 4) is 5.75 Å². The minimum Gasteiger partial charge on any atom is -0.492 e. The molecule has 2 rings (SSSR count). The Balaban J connectivity index is 2.04. The van der Waals surface area contributed by atoms with Crippen molar-refractivity contribution in [1.29, 1.82) is 0 Å². The highest BCUT2D eigenvalue weighted by Crippen LogP contribution is 2.33. The van der Waals surface area contributed by atoms with Crippen LogP contribution in [0.15, 0.2) is 18.2 Å². The van der Waals surface area contributed by atoms with E-state index in [9.17, 15) is 0 Å². The topological polar surface area (TPSA) is 47.3 Å². The van der Waals surface area contributed by atoms with E-state index in [1.54, 1.807) is 0 Å². The summed E-state index contributed by atoms with van der Waals surface area (Å²) in [5.41, 5.74) is 7.93. The number of hydrogen-bond donors (Lipinski definition) is 2. The molecule has 0 radical (unpaired) electrons. The van der Waals surface area contributed by atoms with Gasteiger partial charge in [-0.1, -0.05) is 32.3 Å². The van der Waals surface area contributed by atoms with Crippen molar-refractivity contribution in [3.05, 3.63) is 18.2 Å². The summed E-state index contributed by atoms with van der Waals surface area (Å²) in [5, 5.41) is 3.61. The molecule has 1 fully saturated rings. The lowest BCUT2D eigenvalue weighted by Gasteiger charge is -2.30. The van der Waals surface area contributed by atoms with Gasteiger partial charge in [-0.15, -0.1) is 0 Å². The van der Waals surface area contributed by atoms with Gasteiger partial charge in [0.2, 0.25) is 0 Å². The van der Waals surface area contributed by atoms with Crippen molar-refractivity contribution in [2.24, 2.45) is 5.92 Å². The van der Waals surface area contributed by atoms with Crippen molar-refractivity contribution in [3.63, 3.8) is 0 Å². The smallest absolute Gasteiger partial charge is 0.144 e. The zero-order valence-electron chi connectivity index (χ0n) is 12.1. The van der Waals surface area contributed by atoms with Gasteiger partial charge in [-0.2, -0.15) is 0 Å². The van der Waals surface area contributed by atoms with Gasteiger partial charge in [0.25, 0.3) is 0 Å². The molecule has 3 nitrogen and oxygen atoms in total. The number of hydrogen-bond acceptors (Lipinski definition) is 3. The van der Waals surface area contributed by atoms with E-state index in [4.69, 9.17) is 10.5 Å². The van der Waals surface area contributed by atoms with E-state index in [0.717, 1.165) is 23.0 Å². The highest BCUT2D eigenvalue weighted by molar-refractivity contribution is 5.73. The van der Waals surface area contributed by atoms with Gasteiger partial charge < -0.3 is 15.8 Å². The molecule has 1 aliphatic carbocycles. The van der Waals surface area contributed by atoms with E-state index in [0.29, 0.717) is 12.6 Å². The minimum absolute atomic E-state index is 0.554. The molecule has 0 heterocycles. The Morgan fingerprint density at radius 2 is 2.16 bits per heavy atom. The lowest BCUT2D eigenvalue weighted by Crippen LogP contribution is -2.27. The highest BCUT2D eigenvalue weighted by atomic mass is 16.5. The van der Waals surface area contributed by atoms with Gasteiger partial charge in [0.15, 0.2) is 0 Å². The molecule has 1 saturated carbocycles. The van der Waals surface area contributed by atoms with Crippen LogP contribution in [0.25, 0.3) is 0 Å². The van der Waals surface area contributed by atoms with Crippen molar-refractivity contribution in [1.82, 2.24) is 0 Å². The fraction of sp³-hybridized carbons (Fsp3) is 0.625. The summed E-state index contributed by atoms with van der Waals surface area (Å²) in [6.07, 6.45) is 6.49.